The zero-order chi connectivity index (χ0) is 14.4. The number of morpholine rings is 1. The minimum Gasteiger partial charge on any atom is -0.374 e. The molecule has 1 aliphatic carbocycles. The third-order valence-electron chi connectivity index (χ3n) is 4.02. The summed E-state index contributed by atoms with van der Waals surface area (Å²) in [6, 6.07) is 0.531. The van der Waals surface area contributed by atoms with Crippen molar-refractivity contribution in [3.05, 3.63) is 0 Å². The highest BCUT2D eigenvalue weighted by Crippen LogP contribution is 2.17. The van der Waals surface area contributed by atoms with Gasteiger partial charge in [-0.1, -0.05) is 26.7 Å². The van der Waals surface area contributed by atoms with Crippen LogP contribution in [0.1, 0.15) is 39.5 Å². The molecule has 1 atom stereocenters. The normalized spacial score (nSPS) is 25.1. The van der Waals surface area contributed by atoms with Crippen LogP contribution in [0.2, 0.25) is 0 Å². The molecule has 0 aromatic rings. The van der Waals surface area contributed by atoms with Gasteiger partial charge >= 0.3 is 0 Å². The summed E-state index contributed by atoms with van der Waals surface area (Å²) in [7, 11) is 0. The van der Waals surface area contributed by atoms with E-state index in [1.807, 2.05) is 0 Å². The predicted octanol–water partition coefficient (Wildman–Crippen LogP) is 1.81. The second kappa shape index (κ2) is 9.84. The Labute approximate surface area is 146 Å². The summed E-state index contributed by atoms with van der Waals surface area (Å²) in [5.74, 6) is 1.29. The lowest BCUT2D eigenvalue weighted by atomic mass is 10.2. The molecule has 2 aliphatic rings. The summed E-state index contributed by atoms with van der Waals surface area (Å²) < 4.78 is 5.78. The van der Waals surface area contributed by atoms with Crippen molar-refractivity contribution in [1.82, 2.24) is 10.2 Å². The predicted molar refractivity (Wildman–Crippen MR) is 98.3 cm³/mol. The molecule has 2 fully saturated rings. The molecule has 0 aromatic heterocycles. The van der Waals surface area contributed by atoms with Crippen LogP contribution >= 0.6 is 24.0 Å². The number of nitrogens with zero attached hydrogens (tertiary/aromatic N) is 2. The Balaban J connectivity index is 0.00000220. The summed E-state index contributed by atoms with van der Waals surface area (Å²) in [5, 5.41) is 3.32. The molecule has 2 rings (SSSR count). The highest BCUT2D eigenvalue weighted by Gasteiger charge is 2.21. The average molecular weight is 410 g/mol. The van der Waals surface area contributed by atoms with Crippen molar-refractivity contribution < 1.29 is 4.74 Å². The summed E-state index contributed by atoms with van der Waals surface area (Å²) in [6.07, 6.45) is 5.24. The molecule has 0 radical (unpaired) electrons. The van der Waals surface area contributed by atoms with E-state index < -0.39 is 0 Å². The van der Waals surface area contributed by atoms with Gasteiger partial charge in [0.25, 0.3) is 0 Å². The number of halogens is 1. The summed E-state index contributed by atoms with van der Waals surface area (Å²) in [5.41, 5.74) is 5.96. The monoisotopic (exact) mass is 410 g/mol. The highest BCUT2D eigenvalue weighted by molar-refractivity contribution is 14.0. The van der Waals surface area contributed by atoms with Crippen LogP contribution in [0.15, 0.2) is 4.99 Å². The fraction of sp³-hybridized carbons (Fsp3) is 0.933. The molecular weight excluding hydrogens is 379 g/mol. The molecule has 1 unspecified atom stereocenters. The lowest BCUT2D eigenvalue weighted by Gasteiger charge is -2.33. The van der Waals surface area contributed by atoms with Crippen molar-refractivity contribution >= 4 is 29.9 Å². The van der Waals surface area contributed by atoms with E-state index in [0.717, 1.165) is 26.2 Å². The molecule has 0 aromatic carbocycles. The van der Waals surface area contributed by atoms with Crippen LogP contribution in [-0.4, -0.2) is 55.8 Å². The van der Waals surface area contributed by atoms with Crippen LogP contribution in [-0.2, 0) is 4.74 Å². The summed E-state index contributed by atoms with van der Waals surface area (Å²) in [4.78, 5) is 6.92. The molecule has 0 amide bonds. The summed E-state index contributed by atoms with van der Waals surface area (Å²) >= 11 is 0. The molecule has 1 heterocycles. The van der Waals surface area contributed by atoms with Gasteiger partial charge in [-0.25, -0.2) is 0 Å². The maximum absolute atomic E-state index is 5.96. The van der Waals surface area contributed by atoms with Crippen molar-refractivity contribution in [1.29, 1.82) is 0 Å². The zero-order valence-corrected chi connectivity index (χ0v) is 15.7. The van der Waals surface area contributed by atoms with Gasteiger partial charge in [-0.05, 0) is 18.8 Å². The molecule has 5 nitrogen and oxygen atoms in total. The second-order valence-corrected chi connectivity index (χ2v) is 6.50. The van der Waals surface area contributed by atoms with Crippen LogP contribution in [0.5, 0.6) is 0 Å². The Kier molecular flexibility index (Phi) is 8.89. The van der Waals surface area contributed by atoms with Crippen LogP contribution < -0.4 is 11.1 Å². The quantitative estimate of drug-likeness (QED) is 0.412. The first-order valence-corrected chi connectivity index (χ1v) is 8.04. The molecule has 1 saturated heterocycles. The van der Waals surface area contributed by atoms with Gasteiger partial charge in [0.15, 0.2) is 5.96 Å². The molecule has 3 N–H and O–H groups in total. The van der Waals surface area contributed by atoms with Crippen LogP contribution in [0.25, 0.3) is 0 Å². The van der Waals surface area contributed by atoms with Crippen molar-refractivity contribution in [2.75, 3.05) is 32.8 Å². The van der Waals surface area contributed by atoms with Gasteiger partial charge in [-0.2, -0.15) is 0 Å². The minimum atomic E-state index is 0. The molecule has 0 spiro atoms. The number of aliphatic imine (C=N–C) groups is 1. The number of nitrogens with one attached hydrogen (secondary N) is 1. The first-order chi connectivity index (χ1) is 9.63. The highest BCUT2D eigenvalue weighted by atomic mass is 127. The smallest absolute Gasteiger partial charge is 0.188 e. The Morgan fingerprint density at radius 3 is 2.76 bits per heavy atom. The van der Waals surface area contributed by atoms with Gasteiger partial charge < -0.3 is 15.8 Å². The van der Waals surface area contributed by atoms with Gasteiger partial charge in [0.2, 0.25) is 0 Å². The number of hydrogen-bond acceptors (Lipinski definition) is 3. The number of ether oxygens (including phenoxy) is 1. The number of guanidine groups is 1. The molecule has 0 bridgehead atoms. The number of hydrogen-bond donors (Lipinski definition) is 2. The fourth-order valence-corrected chi connectivity index (χ4v) is 3.10. The first kappa shape index (κ1) is 19.0. The van der Waals surface area contributed by atoms with Crippen LogP contribution in [0.3, 0.4) is 0 Å². The van der Waals surface area contributed by atoms with Crippen LogP contribution in [0, 0.1) is 5.92 Å². The van der Waals surface area contributed by atoms with Crippen molar-refractivity contribution in [3.63, 3.8) is 0 Å². The maximum Gasteiger partial charge on any atom is 0.188 e. The Hall–Kier alpha value is -0.0800. The van der Waals surface area contributed by atoms with E-state index in [4.69, 9.17) is 10.5 Å². The average Bonchev–Trinajstić information content (AvgIpc) is 2.89. The van der Waals surface area contributed by atoms with Gasteiger partial charge in [-0.3, -0.25) is 9.89 Å². The van der Waals surface area contributed by atoms with Crippen molar-refractivity contribution in [2.24, 2.45) is 16.6 Å². The van der Waals surface area contributed by atoms with E-state index in [2.05, 4.69) is 29.1 Å². The standard InChI is InChI=1S/C15H30N4O.HI/c1-12(2)10-19-7-8-20-14(11-19)9-17-15(16)18-13-5-3-4-6-13;/h12-14H,3-11H2,1-2H3,(H3,16,17,18);1H. The molecule has 124 valence electrons. The minimum absolute atomic E-state index is 0. The van der Waals surface area contributed by atoms with E-state index in [0.29, 0.717) is 24.5 Å². The van der Waals surface area contributed by atoms with Crippen LogP contribution in [0.4, 0.5) is 0 Å². The van der Waals surface area contributed by atoms with E-state index in [-0.39, 0.29) is 30.1 Å². The third kappa shape index (κ3) is 7.15. The first-order valence-electron chi connectivity index (χ1n) is 8.04. The van der Waals surface area contributed by atoms with Gasteiger partial charge in [0.05, 0.1) is 19.3 Å². The topological polar surface area (TPSA) is 62.9 Å². The van der Waals surface area contributed by atoms with Gasteiger partial charge in [-0.15, -0.1) is 24.0 Å². The molecular formula is C15H31IN4O. The Bertz CT molecular complexity index is 319. The maximum atomic E-state index is 5.96. The van der Waals surface area contributed by atoms with E-state index in [9.17, 15) is 0 Å². The number of nitrogens with two attached hydrogens (primary N) is 1. The lowest BCUT2D eigenvalue weighted by molar-refractivity contribution is -0.0261. The van der Waals surface area contributed by atoms with E-state index in [1.165, 1.54) is 25.7 Å². The van der Waals surface area contributed by atoms with Gasteiger partial charge in [0, 0.05) is 25.7 Å². The van der Waals surface area contributed by atoms with Gasteiger partial charge in [0.1, 0.15) is 0 Å². The molecule has 1 saturated carbocycles. The molecule has 6 heteroatoms. The van der Waals surface area contributed by atoms with Crippen molar-refractivity contribution in [2.45, 2.75) is 51.7 Å². The fourth-order valence-electron chi connectivity index (χ4n) is 3.10. The Morgan fingerprint density at radius 1 is 1.38 bits per heavy atom. The second-order valence-electron chi connectivity index (χ2n) is 6.50. The molecule has 21 heavy (non-hydrogen) atoms. The largest absolute Gasteiger partial charge is 0.374 e. The van der Waals surface area contributed by atoms with Crippen molar-refractivity contribution in [3.8, 4) is 0 Å². The number of rotatable bonds is 5. The zero-order valence-electron chi connectivity index (χ0n) is 13.4. The van der Waals surface area contributed by atoms with E-state index in [1.54, 1.807) is 0 Å². The summed E-state index contributed by atoms with van der Waals surface area (Å²) in [6.45, 7) is 9.13. The SMILES string of the molecule is CC(C)CN1CCOC(CN=C(N)NC2CCCC2)C1.I. The third-order valence-corrected chi connectivity index (χ3v) is 4.02. The lowest BCUT2D eigenvalue weighted by Crippen LogP contribution is -2.46. The molecule has 1 aliphatic heterocycles. The van der Waals surface area contributed by atoms with E-state index >= 15 is 0 Å². The Morgan fingerprint density at radius 2 is 2.10 bits per heavy atom.